The molecule has 3 heterocycles. The van der Waals surface area contributed by atoms with E-state index in [1.165, 1.54) is 33.6 Å². The minimum Gasteiger partial charge on any atom is -0.507 e. The van der Waals surface area contributed by atoms with Crippen LogP contribution in [0.5, 0.6) is 11.5 Å². The van der Waals surface area contributed by atoms with Crippen LogP contribution in [0.25, 0.3) is 5.76 Å². The molecule has 1 amide bonds. The zero-order valence-electron chi connectivity index (χ0n) is 25.8. The quantitative estimate of drug-likeness (QED) is 0.0565. The van der Waals surface area contributed by atoms with Gasteiger partial charge in [-0.3, -0.25) is 14.5 Å². The second-order valence-electron chi connectivity index (χ2n) is 11.6. The van der Waals surface area contributed by atoms with E-state index < -0.39 is 17.7 Å². The Morgan fingerprint density at radius 2 is 1.79 bits per heavy atom. The van der Waals surface area contributed by atoms with Gasteiger partial charge in [0.25, 0.3) is 5.78 Å². The van der Waals surface area contributed by atoms with E-state index in [9.17, 15) is 14.7 Å². The van der Waals surface area contributed by atoms with E-state index in [1.807, 2.05) is 68.4 Å². The van der Waals surface area contributed by atoms with Crippen LogP contribution in [0.15, 0.2) is 107 Å². The van der Waals surface area contributed by atoms with Crippen molar-refractivity contribution in [2.45, 2.75) is 49.1 Å². The number of aryl methyl sites for hydroxylation is 1. The summed E-state index contributed by atoms with van der Waals surface area (Å²) in [5, 5.41) is 20.7. The predicted molar refractivity (Wildman–Crippen MR) is 183 cm³/mol. The van der Waals surface area contributed by atoms with E-state index in [0.717, 1.165) is 22.4 Å². The number of thioether (sulfide) groups is 1. The summed E-state index contributed by atoms with van der Waals surface area (Å²) >= 11 is 2.75. The fraction of sp³-hybridized carbons (Fsp3) is 0.189. The number of aliphatic hydroxyl groups excluding tert-OH is 1. The van der Waals surface area contributed by atoms with Gasteiger partial charge in [0.15, 0.2) is 4.34 Å². The number of hydrogen-bond donors (Lipinski definition) is 1. The molecule has 0 unspecified atom stereocenters. The Bertz CT molecular complexity index is 1990. The third kappa shape index (κ3) is 6.39. The lowest BCUT2D eigenvalue weighted by Gasteiger charge is -2.23. The standard InChI is InChI=1S/C37H31N3O5S2/c1-22-11-13-25(14-12-22)21-46-37-39-38-36(47-37)40-32(26-9-6-10-29(19-26)44-20-24-7-4-3-5-8-24)31(34(42)35(40)43)33(41)27-15-16-30-28(18-27)17-23(2)45-30/h3-16,18-19,23,32,41H,17,20-21H2,1-2H3/t23-,32-/m0/s1. The zero-order valence-corrected chi connectivity index (χ0v) is 27.4. The number of rotatable bonds is 9. The van der Waals surface area contributed by atoms with E-state index in [0.29, 0.717) is 40.0 Å². The van der Waals surface area contributed by atoms with Gasteiger partial charge in [-0.05, 0) is 66.4 Å². The minimum absolute atomic E-state index is 0.0158. The van der Waals surface area contributed by atoms with Gasteiger partial charge in [0, 0.05) is 17.7 Å². The number of ketones is 1. The van der Waals surface area contributed by atoms with Crippen molar-refractivity contribution in [2.75, 3.05) is 4.90 Å². The SMILES string of the molecule is Cc1ccc(CSc2nnc(N3C(=O)C(=O)C(=C(O)c4ccc5c(c4)C[C@H](C)O5)[C@@H]3c3cccc(OCc4ccccc4)c3)s2)cc1. The van der Waals surface area contributed by atoms with Crippen molar-refractivity contribution in [1.82, 2.24) is 10.2 Å². The lowest BCUT2D eigenvalue weighted by atomic mass is 9.94. The van der Waals surface area contributed by atoms with Gasteiger partial charge in [0.2, 0.25) is 5.13 Å². The Morgan fingerprint density at radius 1 is 0.979 bits per heavy atom. The number of fused-ring (bicyclic) bond motifs is 1. The van der Waals surface area contributed by atoms with E-state index in [-0.39, 0.29) is 22.6 Å². The van der Waals surface area contributed by atoms with Crippen LogP contribution < -0.4 is 14.4 Å². The molecule has 0 bridgehead atoms. The Kier molecular flexibility index (Phi) is 8.53. The van der Waals surface area contributed by atoms with Gasteiger partial charge < -0.3 is 14.6 Å². The van der Waals surface area contributed by atoms with Gasteiger partial charge in [0.1, 0.15) is 30.0 Å². The molecule has 10 heteroatoms. The molecular formula is C37H31N3O5S2. The van der Waals surface area contributed by atoms with Crippen LogP contribution in [-0.2, 0) is 28.4 Å². The molecule has 7 rings (SSSR count). The van der Waals surface area contributed by atoms with Crippen LogP contribution >= 0.6 is 23.1 Å². The summed E-state index contributed by atoms with van der Waals surface area (Å²) in [5.41, 5.74) is 5.27. The van der Waals surface area contributed by atoms with Crippen LogP contribution in [0.3, 0.4) is 0 Å². The van der Waals surface area contributed by atoms with Crippen molar-refractivity contribution in [2.24, 2.45) is 0 Å². The zero-order chi connectivity index (χ0) is 32.5. The molecule has 2 aliphatic rings. The first-order valence-corrected chi connectivity index (χ1v) is 17.0. The highest BCUT2D eigenvalue weighted by molar-refractivity contribution is 8.00. The average molecular weight is 662 g/mol. The minimum atomic E-state index is -0.957. The maximum Gasteiger partial charge on any atom is 0.301 e. The summed E-state index contributed by atoms with van der Waals surface area (Å²) in [6, 6.07) is 29.7. The molecule has 1 saturated heterocycles. The second kappa shape index (κ2) is 13.1. The van der Waals surface area contributed by atoms with Gasteiger partial charge >= 0.3 is 5.91 Å². The van der Waals surface area contributed by atoms with Gasteiger partial charge in [0.05, 0.1) is 11.6 Å². The molecule has 0 spiro atoms. The van der Waals surface area contributed by atoms with Crippen molar-refractivity contribution in [3.63, 3.8) is 0 Å². The lowest BCUT2D eigenvalue weighted by Crippen LogP contribution is -2.29. The maximum atomic E-state index is 13.8. The third-order valence-electron chi connectivity index (χ3n) is 8.12. The van der Waals surface area contributed by atoms with Crippen LogP contribution in [0.2, 0.25) is 0 Å². The van der Waals surface area contributed by atoms with Crippen molar-refractivity contribution >= 4 is 45.7 Å². The highest BCUT2D eigenvalue weighted by atomic mass is 32.2. The molecule has 236 valence electrons. The molecule has 0 saturated carbocycles. The smallest absolute Gasteiger partial charge is 0.301 e. The number of hydrogen-bond acceptors (Lipinski definition) is 9. The Morgan fingerprint density at radius 3 is 2.60 bits per heavy atom. The van der Waals surface area contributed by atoms with E-state index in [4.69, 9.17) is 9.47 Å². The number of anilines is 1. The molecule has 1 aromatic heterocycles. The molecule has 1 fully saturated rings. The number of carbonyl (C=O) groups is 2. The summed E-state index contributed by atoms with van der Waals surface area (Å²) in [7, 11) is 0. The largest absolute Gasteiger partial charge is 0.507 e. The summed E-state index contributed by atoms with van der Waals surface area (Å²) in [5.74, 6) is 0.158. The molecule has 47 heavy (non-hydrogen) atoms. The molecule has 1 N–H and O–H groups in total. The number of Topliss-reactive ketones (excluding diaryl/α,β-unsaturated/α-hetero) is 1. The van der Waals surface area contributed by atoms with Crippen molar-refractivity contribution in [3.8, 4) is 11.5 Å². The van der Waals surface area contributed by atoms with Gasteiger partial charge in [-0.2, -0.15) is 0 Å². The van der Waals surface area contributed by atoms with Crippen molar-refractivity contribution in [3.05, 3.63) is 136 Å². The van der Waals surface area contributed by atoms with Crippen molar-refractivity contribution in [1.29, 1.82) is 0 Å². The van der Waals surface area contributed by atoms with Crippen LogP contribution in [0.1, 0.15) is 46.3 Å². The number of benzene rings is 4. The fourth-order valence-electron chi connectivity index (χ4n) is 5.77. The number of ether oxygens (including phenoxy) is 2. The predicted octanol–water partition coefficient (Wildman–Crippen LogP) is 7.67. The van der Waals surface area contributed by atoms with E-state index in [2.05, 4.69) is 34.5 Å². The highest BCUT2D eigenvalue weighted by Gasteiger charge is 2.48. The lowest BCUT2D eigenvalue weighted by molar-refractivity contribution is -0.132. The summed E-state index contributed by atoms with van der Waals surface area (Å²) < 4.78 is 12.6. The summed E-state index contributed by atoms with van der Waals surface area (Å²) in [6.07, 6.45) is 0.699. The number of carbonyl (C=O) groups excluding carboxylic acids is 2. The first-order chi connectivity index (χ1) is 22.8. The fourth-order valence-corrected chi connectivity index (χ4v) is 7.60. The number of aromatic nitrogens is 2. The first kappa shape index (κ1) is 30.7. The number of nitrogens with zero attached hydrogens (tertiary/aromatic N) is 3. The third-order valence-corrected chi connectivity index (χ3v) is 10.2. The monoisotopic (exact) mass is 661 g/mol. The Hall–Kier alpha value is -4.93. The molecule has 4 aromatic carbocycles. The topological polar surface area (TPSA) is 102 Å². The molecule has 0 radical (unpaired) electrons. The maximum absolute atomic E-state index is 13.8. The van der Waals surface area contributed by atoms with Gasteiger partial charge in [-0.15, -0.1) is 10.2 Å². The normalized spacial score (nSPS) is 18.3. The van der Waals surface area contributed by atoms with E-state index in [1.54, 1.807) is 18.2 Å². The molecule has 0 aliphatic carbocycles. The van der Waals surface area contributed by atoms with Gasteiger partial charge in [-0.25, -0.2) is 0 Å². The molecule has 8 nitrogen and oxygen atoms in total. The Balaban J connectivity index is 1.25. The average Bonchev–Trinajstić information content (AvgIpc) is 3.78. The first-order valence-electron chi connectivity index (χ1n) is 15.2. The molecular weight excluding hydrogens is 631 g/mol. The van der Waals surface area contributed by atoms with Crippen LogP contribution in [0, 0.1) is 6.92 Å². The van der Waals surface area contributed by atoms with E-state index >= 15 is 0 Å². The van der Waals surface area contributed by atoms with Crippen LogP contribution in [0.4, 0.5) is 5.13 Å². The highest BCUT2D eigenvalue weighted by Crippen LogP contribution is 2.45. The summed E-state index contributed by atoms with van der Waals surface area (Å²) in [6.45, 7) is 4.37. The Labute approximate surface area is 280 Å². The summed E-state index contributed by atoms with van der Waals surface area (Å²) in [4.78, 5) is 28.9. The molecule has 2 atom stereocenters. The second-order valence-corrected chi connectivity index (χ2v) is 13.8. The van der Waals surface area contributed by atoms with Crippen molar-refractivity contribution < 1.29 is 24.2 Å². The van der Waals surface area contributed by atoms with Gasteiger partial charge in [-0.1, -0.05) is 95.4 Å². The van der Waals surface area contributed by atoms with Crippen LogP contribution in [-0.4, -0.2) is 33.1 Å². The number of amides is 1. The number of aliphatic hydroxyl groups is 1. The molecule has 2 aliphatic heterocycles. The molecule has 5 aromatic rings.